The highest BCUT2D eigenvalue weighted by molar-refractivity contribution is 6.30. The van der Waals surface area contributed by atoms with Gasteiger partial charge in [0.25, 0.3) is 0 Å². The van der Waals surface area contributed by atoms with Gasteiger partial charge in [0.2, 0.25) is 11.8 Å². The molecular formula is C21H25ClN2O2. The van der Waals surface area contributed by atoms with E-state index >= 15 is 0 Å². The Morgan fingerprint density at radius 2 is 1.69 bits per heavy atom. The van der Waals surface area contributed by atoms with Gasteiger partial charge in [-0.1, -0.05) is 47.5 Å². The Morgan fingerprint density at radius 1 is 1.04 bits per heavy atom. The molecule has 0 aliphatic carbocycles. The zero-order valence-electron chi connectivity index (χ0n) is 15.6. The molecule has 0 aliphatic heterocycles. The highest BCUT2D eigenvalue weighted by Gasteiger charge is 2.19. The number of rotatable bonds is 6. The van der Waals surface area contributed by atoms with E-state index in [1.165, 1.54) is 6.92 Å². The van der Waals surface area contributed by atoms with E-state index in [-0.39, 0.29) is 24.3 Å². The van der Waals surface area contributed by atoms with Crippen LogP contribution in [0.25, 0.3) is 0 Å². The van der Waals surface area contributed by atoms with E-state index in [2.05, 4.69) is 28.8 Å². The summed E-state index contributed by atoms with van der Waals surface area (Å²) in [6.45, 7) is 7.48. The fourth-order valence-electron chi connectivity index (χ4n) is 2.98. The maximum absolute atomic E-state index is 12.6. The summed E-state index contributed by atoms with van der Waals surface area (Å²) in [5.41, 5.74) is 4.24. The Balaban J connectivity index is 2.10. The largest absolute Gasteiger partial charge is 0.349 e. The lowest BCUT2D eigenvalue weighted by molar-refractivity contribution is -0.123. The predicted octanol–water partition coefficient (Wildman–Crippen LogP) is 4.40. The van der Waals surface area contributed by atoms with E-state index in [1.807, 2.05) is 32.9 Å². The van der Waals surface area contributed by atoms with Crippen LogP contribution in [-0.2, 0) is 9.59 Å². The number of carbonyl (C=O) groups is 2. The average molecular weight is 373 g/mol. The number of hydrogen-bond donors (Lipinski definition) is 2. The maximum Gasteiger partial charge on any atom is 0.222 e. The smallest absolute Gasteiger partial charge is 0.222 e. The summed E-state index contributed by atoms with van der Waals surface area (Å²) in [6.07, 6.45) is 0.163. The minimum atomic E-state index is -0.393. The molecule has 2 aromatic carbocycles. The molecule has 0 saturated carbocycles. The van der Waals surface area contributed by atoms with Crippen LogP contribution in [0.5, 0.6) is 0 Å². The highest BCUT2D eigenvalue weighted by atomic mass is 35.5. The lowest BCUT2D eigenvalue weighted by Gasteiger charge is -2.21. The molecule has 2 rings (SSSR count). The highest BCUT2D eigenvalue weighted by Crippen LogP contribution is 2.22. The van der Waals surface area contributed by atoms with Gasteiger partial charge in [-0.15, -0.1) is 0 Å². The molecule has 0 aliphatic rings. The van der Waals surface area contributed by atoms with Gasteiger partial charge >= 0.3 is 0 Å². The normalized spacial score (nSPS) is 13.0. The first-order valence-corrected chi connectivity index (χ1v) is 9.03. The fourth-order valence-corrected chi connectivity index (χ4v) is 3.11. The van der Waals surface area contributed by atoms with Crippen molar-refractivity contribution in [3.05, 3.63) is 69.7 Å². The Bertz CT molecular complexity index is 787. The first-order chi connectivity index (χ1) is 12.3. The van der Waals surface area contributed by atoms with Crippen molar-refractivity contribution in [2.75, 3.05) is 0 Å². The maximum atomic E-state index is 12.6. The number of hydrogen-bond acceptors (Lipinski definition) is 2. The molecule has 0 aromatic heterocycles. The number of carbonyl (C=O) groups excluding carboxylic acids is 2. The van der Waals surface area contributed by atoms with Crippen molar-refractivity contribution in [1.29, 1.82) is 0 Å². The van der Waals surface area contributed by atoms with Crippen molar-refractivity contribution in [1.82, 2.24) is 10.6 Å². The van der Waals surface area contributed by atoms with Crippen LogP contribution in [0.15, 0.2) is 42.5 Å². The molecule has 5 heteroatoms. The minimum Gasteiger partial charge on any atom is -0.349 e. The second-order valence-corrected chi connectivity index (χ2v) is 7.09. The summed E-state index contributed by atoms with van der Waals surface area (Å²) >= 11 is 5.93. The molecule has 2 N–H and O–H groups in total. The third kappa shape index (κ3) is 5.60. The Morgan fingerprint density at radius 3 is 2.31 bits per heavy atom. The molecule has 4 nitrogen and oxygen atoms in total. The van der Waals surface area contributed by atoms with E-state index < -0.39 is 6.04 Å². The summed E-state index contributed by atoms with van der Waals surface area (Å²) in [6, 6.07) is 12.9. The van der Waals surface area contributed by atoms with E-state index in [0.29, 0.717) is 5.02 Å². The van der Waals surface area contributed by atoms with Gasteiger partial charge in [-0.25, -0.2) is 0 Å². The first-order valence-electron chi connectivity index (χ1n) is 8.65. The summed E-state index contributed by atoms with van der Waals surface area (Å²) in [4.78, 5) is 24.1. The zero-order valence-corrected chi connectivity index (χ0v) is 16.4. The predicted molar refractivity (Wildman–Crippen MR) is 105 cm³/mol. The fraction of sp³-hybridized carbons (Fsp3) is 0.333. The third-order valence-corrected chi connectivity index (χ3v) is 4.57. The van der Waals surface area contributed by atoms with Gasteiger partial charge in [-0.3, -0.25) is 9.59 Å². The summed E-state index contributed by atoms with van der Waals surface area (Å²) < 4.78 is 0. The molecular weight excluding hydrogens is 348 g/mol. The monoisotopic (exact) mass is 372 g/mol. The van der Waals surface area contributed by atoms with E-state index in [9.17, 15) is 9.59 Å². The molecule has 2 unspecified atom stereocenters. The van der Waals surface area contributed by atoms with Gasteiger partial charge in [0, 0.05) is 11.9 Å². The number of aryl methyl sites for hydroxylation is 2. The molecule has 0 fully saturated rings. The number of nitrogens with one attached hydrogen (secondary N) is 2. The lowest BCUT2D eigenvalue weighted by Crippen LogP contribution is -2.34. The SMILES string of the molecule is CC(=O)NC(CC(=O)NC(C)c1cc(C)ccc1C)c1ccc(Cl)cc1. The average Bonchev–Trinajstić information content (AvgIpc) is 2.56. The second kappa shape index (κ2) is 8.86. The van der Waals surface area contributed by atoms with Crippen LogP contribution in [-0.4, -0.2) is 11.8 Å². The van der Waals surface area contributed by atoms with Crippen molar-refractivity contribution in [2.45, 2.75) is 46.2 Å². The van der Waals surface area contributed by atoms with Crippen LogP contribution in [0.2, 0.25) is 5.02 Å². The van der Waals surface area contributed by atoms with Crippen molar-refractivity contribution in [3.63, 3.8) is 0 Å². The van der Waals surface area contributed by atoms with Crippen LogP contribution in [0.4, 0.5) is 0 Å². The van der Waals surface area contributed by atoms with Crippen molar-refractivity contribution >= 4 is 23.4 Å². The van der Waals surface area contributed by atoms with Crippen molar-refractivity contribution in [2.24, 2.45) is 0 Å². The molecule has 0 saturated heterocycles. The zero-order chi connectivity index (χ0) is 19.3. The molecule has 2 atom stereocenters. The van der Waals surface area contributed by atoms with Gasteiger partial charge in [0.05, 0.1) is 18.5 Å². The Labute approximate surface area is 159 Å². The molecule has 0 heterocycles. The second-order valence-electron chi connectivity index (χ2n) is 6.66. The summed E-state index contributed by atoms with van der Waals surface area (Å²) in [5.74, 6) is -0.299. The van der Waals surface area contributed by atoms with Gasteiger partial charge in [-0.05, 0) is 49.6 Å². The van der Waals surface area contributed by atoms with Crippen molar-refractivity contribution < 1.29 is 9.59 Å². The Hall–Kier alpha value is -2.33. The van der Waals surface area contributed by atoms with Crippen molar-refractivity contribution in [3.8, 4) is 0 Å². The molecule has 2 aromatic rings. The van der Waals surface area contributed by atoms with E-state index in [4.69, 9.17) is 11.6 Å². The Kier molecular flexibility index (Phi) is 6.81. The quantitative estimate of drug-likeness (QED) is 0.789. The number of benzene rings is 2. The van der Waals surface area contributed by atoms with E-state index in [0.717, 1.165) is 22.3 Å². The number of amides is 2. The standard InChI is InChI=1S/C21H25ClN2O2/c1-13-5-6-14(2)19(11-13)15(3)23-21(26)12-20(24-16(4)25)17-7-9-18(22)10-8-17/h5-11,15,20H,12H2,1-4H3,(H,23,26)(H,24,25). The molecule has 138 valence electrons. The van der Waals surface area contributed by atoms with Crippen LogP contribution in [0, 0.1) is 13.8 Å². The van der Waals surface area contributed by atoms with Crippen LogP contribution < -0.4 is 10.6 Å². The van der Waals surface area contributed by atoms with Crippen LogP contribution in [0.1, 0.15) is 54.6 Å². The molecule has 2 amide bonds. The third-order valence-electron chi connectivity index (χ3n) is 4.32. The minimum absolute atomic E-state index is 0.106. The van der Waals surface area contributed by atoms with Crippen LogP contribution in [0.3, 0.4) is 0 Å². The topological polar surface area (TPSA) is 58.2 Å². The van der Waals surface area contributed by atoms with Gasteiger partial charge in [0.15, 0.2) is 0 Å². The molecule has 0 radical (unpaired) electrons. The molecule has 0 spiro atoms. The molecule has 0 bridgehead atoms. The summed E-state index contributed by atoms with van der Waals surface area (Å²) in [5, 5.41) is 6.48. The lowest BCUT2D eigenvalue weighted by atomic mass is 9.99. The number of halogens is 1. The van der Waals surface area contributed by atoms with E-state index in [1.54, 1.807) is 12.1 Å². The van der Waals surface area contributed by atoms with Gasteiger partial charge in [0.1, 0.15) is 0 Å². The first kappa shape index (κ1) is 20.0. The summed E-state index contributed by atoms with van der Waals surface area (Å²) in [7, 11) is 0. The van der Waals surface area contributed by atoms with Gasteiger partial charge < -0.3 is 10.6 Å². The molecule has 26 heavy (non-hydrogen) atoms. The van der Waals surface area contributed by atoms with Gasteiger partial charge in [-0.2, -0.15) is 0 Å². The van der Waals surface area contributed by atoms with Crippen LogP contribution >= 0.6 is 11.6 Å².